The Balaban J connectivity index is 1.56. The van der Waals surface area contributed by atoms with Gasteiger partial charge in [-0.2, -0.15) is 0 Å². The van der Waals surface area contributed by atoms with E-state index >= 15 is 0 Å². The molecule has 6 heteroatoms. The second kappa shape index (κ2) is 9.69. The van der Waals surface area contributed by atoms with Gasteiger partial charge in [-0.25, -0.2) is 4.98 Å². The molecule has 1 heterocycles. The van der Waals surface area contributed by atoms with Gasteiger partial charge in [-0.05, 0) is 43.7 Å². The quantitative estimate of drug-likeness (QED) is 0.460. The van der Waals surface area contributed by atoms with E-state index in [1.165, 1.54) is 0 Å². The zero-order valence-electron chi connectivity index (χ0n) is 19.2. The maximum Gasteiger partial charge on any atom is 0.251 e. The van der Waals surface area contributed by atoms with Gasteiger partial charge in [0.1, 0.15) is 12.4 Å². The molecule has 0 bridgehead atoms. The van der Waals surface area contributed by atoms with E-state index in [2.05, 4.69) is 5.32 Å². The molecule has 4 rings (SSSR count). The van der Waals surface area contributed by atoms with Gasteiger partial charge in [-0.15, -0.1) is 0 Å². The maximum atomic E-state index is 13.1. The van der Waals surface area contributed by atoms with Crippen LogP contribution < -0.4 is 5.32 Å². The third kappa shape index (κ3) is 5.12. The molecule has 1 aromatic heterocycles. The number of amides is 2. The highest BCUT2D eigenvalue weighted by Crippen LogP contribution is 2.22. The first-order chi connectivity index (χ1) is 15.9. The molecule has 4 aromatic rings. The first kappa shape index (κ1) is 22.3. The van der Waals surface area contributed by atoms with E-state index in [1.54, 1.807) is 11.9 Å². The summed E-state index contributed by atoms with van der Waals surface area (Å²) in [7, 11) is 1.80. The Morgan fingerprint density at radius 2 is 1.64 bits per heavy atom. The van der Waals surface area contributed by atoms with E-state index in [4.69, 9.17) is 4.98 Å². The van der Waals surface area contributed by atoms with E-state index in [9.17, 15) is 9.59 Å². The van der Waals surface area contributed by atoms with E-state index in [1.807, 2.05) is 97.3 Å². The Bertz CT molecular complexity index is 1260. The Kier molecular flexibility index (Phi) is 6.54. The number of imidazole rings is 1. The summed E-state index contributed by atoms with van der Waals surface area (Å²) < 4.78 is 1.90. The maximum absolute atomic E-state index is 13.1. The molecule has 33 heavy (non-hydrogen) atoms. The summed E-state index contributed by atoms with van der Waals surface area (Å²) in [6.07, 6.45) is 0. The predicted molar refractivity (Wildman–Crippen MR) is 130 cm³/mol. The van der Waals surface area contributed by atoms with Crippen LogP contribution in [-0.4, -0.2) is 33.3 Å². The molecule has 0 aliphatic carbocycles. The second-order valence-corrected chi connectivity index (χ2v) is 8.34. The second-order valence-electron chi connectivity index (χ2n) is 8.34. The van der Waals surface area contributed by atoms with E-state index in [0.29, 0.717) is 17.9 Å². The molecule has 1 unspecified atom stereocenters. The van der Waals surface area contributed by atoms with Crippen LogP contribution in [0.4, 0.5) is 0 Å². The minimum absolute atomic E-state index is 0.0275. The van der Waals surface area contributed by atoms with Crippen molar-refractivity contribution < 1.29 is 9.59 Å². The third-order valence-electron chi connectivity index (χ3n) is 5.71. The Morgan fingerprint density at radius 1 is 0.970 bits per heavy atom. The van der Waals surface area contributed by atoms with Gasteiger partial charge in [-0.3, -0.25) is 9.59 Å². The van der Waals surface area contributed by atoms with Crippen LogP contribution in [0.25, 0.3) is 11.0 Å². The zero-order valence-corrected chi connectivity index (χ0v) is 19.2. The Hall–Kier alpha value is -3.93. The van der Waals surface area contributed by atoms with Gasteiger partial charge in [0.05, 0.1) is 17.1 Å². The number of aromatic nitrogens is 2. The lowest BCUT2D eigenvalue weighted by atomic mass is 10.1. The van der Waals surface area contributed by atoms with Crippen molar-refractivity contribution in [1.82, 2.24) is 19.8 Å². The van der Waals surface area contributed by atoms with Gasteiger partial charge in [0, 0.05) is 19.2 Å². The monoisotopic (exact) mass is 440 g/mol. The average molecular weight is 441 g/mol. The highest BCUT2D eigenvalue weighted by atomic mass is 16.2. The summed E-state index contributed by atoms with van der Waals surface area (Å²) in [6.45, 7) is 4.55. The van der Waals surface area contributed by atoms with Gasteiger partial charge in [0.2, 0.25) is 5.91 Å². The summed E-state index contributed by atoms with van der Waals surface area (Å²) >= 11 is 0. The Labute approximate surface area is 193 Å². The molecule has 0 saturated carbocycles. The molecule has 1 N–H and O–H groups in total. The number of aryl methyl sites for hydroxylation is 1. The molecule has 3 aromatic carbocycles. The number of nitrogens with one attached hydrogen (secondary N) is 1. The molecule has 1 atom stereocenters. The van der Waals surface area contributed by atoms with Crippen LogP contribution in [0.5, 0.6) is 0 Å². The average Bonchev–Trinajstić information content (AvgIpc) is 3.18. The highest BCUT2D eigenvalue weighted by Gasteiger charge is 2.21. The summed E-state index contributed by atoms with van der Waals surface area (Å²) in [5.41, 5.74) is 4.42. The first-order valence-corrected chi connectivity index (χ1v) is 11.0. The molecule has 168 valence electrons. The minimum atomic E-state index is -0.376. The number of carbonyl (C=O) groups is 2. The molecule has 0 spiro atoms. The third-order valence-corrected chi connectivity index (χ3v) is 5.71. The van der Waals surface area contributed by atoms with Crippen molar-refractivity contribution in [3.8, 4) is 0 Å². The number of hydrogen-bond acceptors (Lipinski definition) is 3. The number of likely N-dealkylation sites (N-methyl/N-ethyl adjacent to an activating group) is 1. The molecule has 0 radical (unpaired) electrons. The molecule has 6 nitrogen and oxygen atoms in total. The number of hydrogen-bond donors (Lipinski definition) is 1. The molecular weight excluding hydrogens is 412 g/mol. The predicted octanol–water partition coefficient (Wildman–Crippen LogP) is 4.49. The normalized spacial score (nSPS) is 11.8. The van der Waals surface area contributed by atoms with Crippen molar-refractivity contribution in [2.75, 3.05) is 7.05 Å². The lowest BCUT2D eigenvalue weighted by Crippen LogP contribution is -2.32. The van der Waals surface area contributed by atoms with E-state index < -0.39 is 0 Å². The number of rotatable bonds is 7. The summed E-state index contributed by atoms with van der Waals surface area (Å²) in [6, 6.07) is 24.7. The van der Waals surface area contributed by atoms with Crippen LogP contribution in [-0.2, 0) is 17.9 Å². The fourth-order valence-electron chi connectivity index (χ4n) is 3.84. The largest absolute Gasteiger partial charge is 0.342 e. The van der Waals surface area contributed by atoms with Gasteiger partial charge in [-0.1, -0.05) is 60.2 Å². The topological polar surface area (TPSA) is 67.2 Å². The van der Waals surface area contributed by atoms with Crippen molar-refractivity contribution >= 4 is 22.8 Å². The van der Waals surface area contributed by atoms with Crippen molar-refractivity contribution in [2.24, 2.45) is 0 Å². The van der Waals surface area contributed by atoms with Crippen LogP contribution in [0.3, 0.4) is 0 Å². The first-order valence-electron chi connectivity index (χ1n) is 11.0. The van der Waals surface area contributed by atoms with Crippen LogP contribution in [0.1, 0.15) is 40.3 Å². The van der Waals surface area contributed by atoms with Gasteiger partial charge >= 0.3 is 0 Å². The fraction of sp³-hybridized carbons (Fsp3) is 0.222. The number of fused-ring (bicyclic) bond motifs is 1. The molecule has 0 fully saturated rings. The van der Waals surface area contributed by atoms with Crippen molar-refractivity contribution in [3.63, 3.8) is 0 Å². The molecule has 0 aliphatic rings. The van der Waals surface area contributed by atoms with E-state index in [-0.39, 0.29) is 24.4 Å². The summed E-state index contributed by atoms with van der Waals surface area (Å²) in [4.78, 5) is 32.3. The van der Waals surface area contributed by atoms with Crippen LogP contribution in [0.15, 0.2) is 78.9 Å². The SMILES string of the molecule is Cc1ccc(C(=O)NC(C)c2nc3ccccc3n2CC(=O)N(C)Cc2ccccc2)cc1. The smallest absolute Gasteiger partial charge is 0.251 e. The van der Waals surface area contributed by atoms with Crippen LogP contribution in [0, 0.1) is 6.92 Å². The van der Waals surface area contributed by atoms with Gasteiger partial charge in [0.25, 0.3) is 5.91 Å². The number of para-hydroxylation sites is 2. The Morgan fingerprint density at radius 3 is 2.36 bits per heavy atom. The fourth-order valence-corrected chi connectivity index (χ4v) is 3.84. The number of nitrogens with zero attached hydrogens (tertiary/aromatic N) is 3. The molecule has 0 saturated heterocycles. The lowest BCUT2D eigenvalue weighted by Gasteiger charge is -2.20. The van der Waals surface area contributed by atoms with Crippen LogP contribution >= 0.6 is 0 Å². The van der Waals surface area contributed by atoms with Crippen molar-refractivity contribution in [2.45, 2.75) is 33.0 Å². The van der Waals surface area contributed by atoms with Gasteiger partial charge in [0.15, 0.2) is 0 Å². The summed E-state index contributed by atoms with van der Waals surface area (Å²) in [5.74, 6) is 0.451. The lowest BCUT2D eigenvalue weighted by molar-refractivity contribution is -0.131. The number of carbonyl (C=O) groups excluding carboxylic acids is 2. The van der Waals surface area contributed by atoms with Crippen LogP contribution in [0.2, 0.25) is 0 Å². The molecule has 2 amide bonds. The molecular formula is C27H28N4O2. The zero-order chi connectivity index (χ0) is 23.4. The van der Waals surface area contributed by atoms with Crippen molar-refractivity contribution in [3.05, 3.63) is 101 Å². The minimum Gasteiger partial charge on any atom is -0.342 e. The highest BCUT2D eigenvalue weighted by molar-refractivity contribution is 5.94. The summed E-state index contributed by atoms with van der Waals surface area (Å²) in [5, 5.41) is 3.03. The van der Waals surface area contributed by atoms with Gasteiger partial charge < -0.3 is 14.8 Å². The molecule has 0 aliphatic heterocycles. The standard InChI is InChI=1S/C27H28N4O2/c1-19-13-15-22(16-14-19)27(33)28-20(2)26-29-23-11-7-8-12-24(23)31(26)18-25(32)30(3)17-21-9-5-4-6-10-21/h4-16,20H,17-18H2,1-3H3,(H,28,33). The number of benzene rings is 3. The van der Waals surface area contributed by atoms with Crippen molar-refractivity contribution in [1.29, 1.82) is 0 Å². The van der Waals surface area contributed by atoms with E-state index in [0.717, 1.165) is 22.2 Å².